The first kappa shape index (κ1) is 13.5. The van der Waals surface area contributed by atoms with Crippen LogP contribution in [0.5, 0.6) is 0 Å². The molecule has 0 spiro atoms. The summed E-state index contributed by atoms with van der Waals surface area (Å²) in [4.78, 5) is 19.3. The second-order valence-corrected chi connectivity index (χ2v) is 2.95. The Morgan fingerprint density at radius 3 is 1.94 bits per heavy atom. The van der Waals surface area contributed by atoms with Crippen molar-refractivity contribution in [3.8, 4) is 0 Å². The van der Waals surface area contributed by atoms with Crippen LogP contribution in [0.1, 0.15) is 12.8 Å². The normalized spacial score (nSPS) is 16.4. The number of nitrogens with two attached hydrogens (primary N) is 1. The van der Waals surface area contributed by atoms with Crippen molar-refractivity contribution < 1.29 is 19.1 Å². The average molecular weight is 249 g/mol. The van der Waals surface area contributed by atoms with Crippen LogP contribution in [-0.4, -0.2) is 44.0 Å². The van der Waals surface area contributed by atoms with Gasteiger partial charge in [0, 0.05) is 0 Å². The van der Waals surface area contributed by atoms with Crippen LogP contribution in [0, 0.1) is 0 Å². The Kier molecular flexibility index (Phi) is 5.22. The third kappa shape index (κ3) is 4.55. The summed E-state index contributed by atoms with van der Waals surface area (Å²) < 4.78 is 8.70. The highest BCUT2D eigenvalue weighted by Gasteiger charge is 2.09. The highest BCUT2D eigenvalue weighted by molar-refractivity contribution is 6.61. The monoisotopic (exact) mass is 249 g/mol. The average Bonchev–Trinajstić information content (AvgIpc) is 2.90. The maximum Gasteiger partial charge on any atom is 0.299 e. The molecular weight excluding hydrogens is 241 g/mol. The topological polar surface area (TPSA) is 128 Å². The van der Waals surface area contributed by atoms with E-state index in [0.29, 0.717) is 37.2 Å². The van der Waals surface area contributed by atoms with Gasteiger partial charge >= 0.3 is 0 Å². The Balaban J connectivity index is 0.000000180. The molecule has 2 aliphatic heterocycles. The second kappa shape index (κ2) is 6.94. The van der Waals surface area contributed by atoms with Gasteiger partial charge in [0.15, 0.2) is 0 Å². The molecule has 0 unspecified atom stereocenters. The van der Waals surface area contributed by atoms with Crippen molar-refractivity contribution in [1.29, 1.82) is 0 Å². The van der Waals surface area contributed by atoms with Gasteiger partial charge in [-0.05, 0) is 5.61 Å². The van der Waals surface area contributed by atoms with Crippen LogP contribution < -0.4 is 5.73 Å². The van der Waals surface area contributed by atoms with E-state index in [4.69, 9.17) is 13.6 Å². The minimum absolute atomic E-state index is 0.252. The van der Waals surface area contributed by atoms with Crippen molar-refractivity contribution in [2.24, 2.45) is 26.1 Å². The molecule has 0 atom stereocenters. The first-order valence-corrected chi connectivity index (χ1v) is 4.64. The smallest absolute Gasteiger partial charge is 0.299 e. The molecule has 10 heteroatoms. The molecule has 0 aliphatic carbocycles. The fraction of sp³-hybridized carbons (Fsp3) is 0.250. The van der Waals surface area contributed by atoms with Crippen molar-refractivity contribution >= 4 is 44.0 Å². The Bertz CT molecular complexity index is 414. The highest BCUT2D eigenvalue weighted by Crippen LogP contribution is 1.99. The first-order chi connectivity index (χ1) is 8.65. The van der Waals surface area contributed by atoms with Gasteiger partial charge in [-0.3, -0.25) is 9.59 Å². The minimum Gasteiger partial charge on any atom is -0.412 e. The zero-order chi connectivity index (χ0) is 13.4. The van der Waals surface area contributed by atoms with Crippen molar-refractivity contribution in [2.45, 2.75) is 12.8 Å². The summed E-state index contributed by atoms with van der Waals surface area (Å²) in [5.41, 5.74) is 5.56. The number of ether oxygens (including phenoxy) is 2. The third-order valence-corrected chi connectivity index (χ3v) is 1.61. The van der Waals surface area contributed by atoms with Gasteiger partial charge < -0.3 is 15.2 Å². The summed E-state index contributed by atoms with van der Waals surface area (Å²) in [6.07, 6.45) is 0.664. The maximum atomic E-state index is 9.67. The molecule has 2 N–H and O–H groups in total. The van der Waals surface area contributed by atoms with Crippen LogP contribution in [-0.2, 0) is 19.1 Å². The van der Waals surface area contributed by atoms with E-state index in [1.165, 1.54) is 0 Å². The molecule has 92 valence electrons. The van der Waals surface area contributed by atoms with E-state index in [1.54, 1.807) is 0 Å². The standard InChI is InChI=1S/C4H3BN2O2.C4H5N3O2/c2*5-3-1-4(7-6-3)9-2-8/h2H,1H2;2H,1H2,(H2,5,6). The van der Waals surface area contributed by atoms with Gasteiger partial charge in [-0.2, -0.15) is 5.10 Å². The molecule has 2 aliphatic rings. The number of carbonyl (C=O) groups excluding carboxylic acids is 2. The zero-order valence-corrected chi connectivity index (χ0v) is 9.15. The zero-order valence-electron chi connectivity index (χ0n) is 9.15. The first-order valence-electron chi connectivity index (χ1n) is 4.64. The maximum absolute atomic E-state index is 9.67. The number of hydrogen-bond acceptors (Lipinski definition) is 9. The molecule has 0 bridgehead atoms. The third-order valence-electron chi connectivity index (χ3n) is 1.61. The molecule has 2 rings (SSSR count). The summed E-state index contributed by atoms with van der Waals surface area (Å²) in [7, 11) is 5.19. The van der Waals surface area contributed by atoms with Crippen LogP contribution in [0.4, 0.5) is 0 Å². The van der Waals surface area contributed by atoms with E-state index in [9.17, 15) is 9.59 Å². The van der Waals surface area contributed by atoms with E-state index in [1.807, 2.05) is 0 Å². The lowest BCUT2D eigenvalue weighted by atomic mass is 9.99. The summed E-state index contributed by atoms with van der Waals surface area (Å²) in [5, 5.41) is 13.7. The highest BCUT2D eigenvalue weighted by atomic mass is 16.5. The second-order valence-electron chi connectivity index (χ2n) is 2.95. The van der Waals surface area contributed by atoms with Gasteiger partial charge in [0.25, 0.3) is 12.9 Å². The molecule has 0 amide bonds. The lowest BCUT2D eigenvalue weighted by molar-refractivity contribution is -0.122. The SMILES string of the molecule is NC1=NN=C(OC=O)C1.[B]C1=NN=C(OC=O)C1. The molecule has 0 saturated heterocycles. The Morgan fingerprint density at radius 1 is 1.00 bits per heavy atom. The van der Waals surface area contributed by atoms with Gasteiger partial charge in [-0.25, -0.2) is 0 Å². The van der Waals surface area contributed by atoms with Gasteiger partial charge in [0.05, 0.1) is 12.8 Å². The van der Waals surface area contributed by atoms with E-state index in [-0.39, 0.29) is 11.8 Å². The molecular formula is C8H8BN5O4. The molecule has 9 nitrogen and oxygen atoms in total. The Hall–Kier alpha value is -2.52. The van der Waals surface area contributed by atoms with Gasteiger partial charge in [-0.15, -0.1) is 15.3 Å². The fourth-order valence-electron chi connectivity index (χ4n) is 0.933. The summed E-state index contributed by atoms with van der Waals surface area (Å²) in [5.74, 6) is 0.872. The lowest BCUT2D eigenvalue weighted by Gasteiger charge is -1.90. The van der Waals surface area contributed by atoms with Gasteiger partial charge in [-0.1, -0.05) is 0 Å². The van der Waals surface area contributed by atoms with E-state index >= 15 is 0 Å². The quantitative estimate of drug-likeness (QED) is 0.479. The van der Waals surface area contributed by atoms with Crippen molar-refractivity contribution in [2.75, 3.05) is 0 Å². The summed E-state index contributed by atoms with van der Waals surface area (Å²) >= 11 is 0. The van der Waals surface area contributed by atoms with Crippen molar-refractivity contribution in [1.82, 2.24) is 0 Å². The summed E-state index contributed by atoms with van der Waals surface area (Å²) in [6, 6.07) is 0. The number of rotatable bonds is 2. The number of amidine groups is 1. The fourth-order valence-corrected chi connectivity index (χ4v) is 0.933. The molecule has 2 radical (unpaired) electrons. The lowest BCUT2D eigenvalue weighted by Crippen LogP contribution is -2.13. The Labute approximate surface area is 103 Å². The molecule has 0 aromatic rings. The molecule has 0 saturated carbocycles. The van der Waals surface area contributed by atoms with Crippen molar-refractivity contribution in [3.63, 3.8) is 0 Å². The Morgan fingerprint density at radius 2 is 1.56 bits per heavy atom. The van der Waals surface area contributed by atoms with E-state index < -0.39 is 0 Å². The molecule has 2 heterocycles. The predicted molar refractivity (Wildman–Crippen MR) is 63.2 cm³/mol. The molecule has 0 aromatic heterocycles. The van der Waals surface area contributed by atoms with Crippen LogP contribution >= 0.6 is 0 Å². The van der Waals surface area contributed by atoms with Gasteiger partial charge in [0.2, 0.25) is 11.8 Å². The van der Waals surface area contributed by atoms with Crippen LogP contribution in [0.15, 0.2) is 20.4 Å². The number of hydrogen-bond donors (Lipinski definition) is 1. The molecule has 0 aromatic carbocycles. The van der Waals surface area contributed by atoms with Crippen molar-refractivity contribution in [3.05, 3.63) is 0 Å². The molecule has 18 heavy (non-hydrogen) atoms. The number of nitrogens with zero attached hydrogens (tertiary/aromatic N) is 4. The molecule has 0 fully saturated rings. The van der Waals surface area contributed by atoms with Crippen LogP contribution in [0.25, 0.3) is 0 Å². The minimum atomic E-state index is 0.252. The van der Waals surface area contributed by atoms with E-state index in [0.717, 1.165) is 0 Å². The predicted octanol–water partition coefficient (Wildman–Crippen LogP) is -1.32. The largest absolute Gasteiger partial charge is 0.412 e. The number of carbonyl (C=O) groups is 2. The van der Waals surface area contributed by atoms with Gasteiger partial charge in [0.1, 0.15) is 13.7 Å². The van der Waals surface area contributed by atoms with Crippen LogP contribution in [0.2, 0.25) is 0 Å². The van der Waals surface area contributed by atoms with Crippen LogP contribution in [0.3, 0.4) is 0 Å². The summed E-state index contributed by atoms with van der Waals surface area (Å²) in [6.45, 7) is 0.597. The van der Waals surface area contributed by atoms with E-state index in [2.05, 4.69) is 29.9 Å².